The molecule has 400 valence electrons. The van der Waals surface area contributed by atoms with Gasteiger partial charge < -0.3 is 48.1 Å². The topological polar surface area (TPSA) is 121 Å². The van der Waals surface area contributed by atoms with Crippen LogP contribution in [0.3, 0.4) is 0 Å². The first-order chi connectivity index (χ1) is 35.9. The third-order valence-corrected chi connectivity index (χ3v) is 16.2. The van der Waals surface area contributed by atoms with Crippen LogP contribution in [0.4, 0.5) is 0 Å². The van der Waals surface area contributed by atoms with Gasteiger partial charge in [-0.15, -0.1) is 0 Å². The molecule has 2 heterocycles. The lowest BCUT2D eigenvalue weighted by molar-refractivity contribution is 0.0621. The molecule has 0 radical (unpaired) electrons. The second-order valence-electron chi connectivity index (χ2n) is 21.3. The van der Waals surface area contributed by atoms with Gasteiger partial charge in [-0.1, -0.05) is 103 Å². The van der Waals surface area contributed by atoms with Gasteiger partial charge in [0.15, 0.2) is 0 Å². The number of benzene rings is 6. The molecule has 75 heavy (non-hydrogen) atoms. The first-order valence-electron chi connectivity index (χ1n) is 25.9. The van der Waals surface area contributed by atoms with Crippen LogP contribution in [0.25, 0.3) is 0 Å². The quantitative estimate of drug-likeness (QED) is 0.0363. The van der Waals surface area contributed by atoms with E-state index in [1.165, 1.54) is 16.7 Å². The predicted octanol–water partition coefficient (Wildman–Crippen LogP) is 14.0. The maximum Gasteiger partial charge on any atom is 0.147 e. The van der Waals surface area contributed by atoms with E-state index in [0.717, 1.165) is 91.1 Å². The summed E-state index contributed by atoms with van der Waals surface area (Å²) >= 11 is 11.3. The third-order valence-electron chi connectivity index (χ3n) is 14.4. The Bertz CT molecular complexity index is 2740. The fourth-order valence-electron chi connectivity index (χ4n) is 8.94. The first kappa shape index (κ1) is 56.6. The SMILES string of the molecule is Cc1cc(C(C)(C)c2cc(Br)c(OCCCCCC(O)COc3ccc(C(C)(C)c4ccc(OCC5CO5)cc4)cc3)c(Br)c2)cc(Br)c1OCC(O)COc1ccc(C(C)(C)c2ccc(OCC3CO3)cc2)cc1. The van der Waals surface area contributed by atoms with Crippen LogP contribution in [0.15, 0.2) is 135 Å². The number of aliphatic hydroxyl groups excluding tert-OH is 2. The van der Waals surface area contributed by atoms with Crippen LogP contribution in [-0.4, -0.2) is 87.5 Å². The molecule has 0 aromatic heterocycles. The van der Waals surface area contributed by atoms with Gasteiger partial charge in [0.25, 0.3) is 0 Å². The number of epoxide rings is 2. The lowest BCUT2D eigenvalue weighted by Crippen LogP contribution is -2.25. The summed E-state index contributed by atoms with van der Waals surface area (Å²) in [6.45, 7) is 18.9. The van der Waals surface area contributed by atoms with Crippen LogP contribution >= 0.6 is 47.8 Å². The predicted molar refractivity (Wildman–Crippen MR) is 306 cm³/mol. The first-order valence-corrected chi connectivity index (χ1v) is 28.3. The summed E-state index contributed by atoms with van der Waals surface area (Å²) in [6.07, 6.45) is 2.34. The van der Waals surface area contributed by atoms with Crippen molar-refractivity contribution in [2.45, 2.75) is 115 Å². The van der Waals surface area contributed by atoms with E-state index < -0.39 is 12.2 Å². The second kappa shape index (κ2) is 25.2. The highest BCUT2D eigenvalue weighted by atomic mass is 79.9. The maximum atomic E-state index is 10.9. The molecule has 0 amide bonds. The van der Waals surface area contributed by atoms with E-state index >= 15 is 0 Å². The maximum absolute atomic E-state index is 10.9. The molecule has 2 saturated heterocycles. The van der Waals surface area contributed by atoms with Crippen molar-refractivity contribution >= 4 is 47.8 Å². The molecule has 6 aromatic carbocycles. The minimum Gasteiger partial charge on any atom is -0.491 e. The molecule has 2 fully saturated rings. The molecule has 2 aliphatic rings. The van der Waals surface area contributed by atoms with E-state index in [1.807, 2.05) is 55.5 Å². The van der Waals surface area contributed by atoms with Crippen molar-refractivity contribution in [3.63, 3.8) is 0 Å². The molecule has 13 heteroatoms. The summed E-state index contributed by atoms with van der Waals surface area (Å²) in [7, 11) is 0. The van der Waals surface area contributed by atoms with Crippen molar-refractivity contribution in [1.29, 1.82) is 0 Å². The number of unbranched alkanes of at least 4 members (excludes halogenated alkanes) is 2. The monoisotopic (exact) mass is 1210 g/mol. The van der Waals surface area contributed by atoms with Gasteiger partial charge in [0, 0.05) is 16.2 Å². The molecule has 4 atom stereocenters. The summed E-state index contributed by atoms with van der Waals surface area (Å²) in [5, 5.41) is 21.6. The van der Waals surface area contributed by atoms with Crippen molar-refractivity contribution in [3.05, 3.63) is 174 Å². The number of aryl methyl sites for hydroxylation is 1. The molecule has 4 unspecified atom stereocenters. The molecule has 8 rings (SSSR count). The van der Waals surface area contributed by atoms with Crippen LogP contribution in [0.2, 0.25) is 0 Å². The molecule has 6 aromatic rings. The van der Waals surface area contributed by atoms with Crippen molar-refractivity contribution < 1.29 is 48.1 Å². The van der Waals surface area contributed by atoms with E-state index in [-0.39, 0.29) is 48.3 Å². The standard InChI is InChI=1S/C62H71Br3O10/c1-40-29-45(30-55(63)58(40)75-35-48(67)34-70-50-22-14-42(15-23-50)61(4,5)44-18-26-52(27-19-44)72-37-54-39-74-54)62(6,7)46-31-56(64)59(57(65)32-46)68-28-10-8-9-11-47(66)33-69-49-20-12-41(13-21-49)60(2,3)43-16-24-51(25-17-43)71-36-53-38-73-53/h12-27,29-32,47-48,53-54,66-67H,8-11,28,33-39H2,1-7H3. The molecular formula is C62H71Br3O10. The number of rotatable bonds is 28. The summed E-state index contributed by atoms with van der Waals surface area (Å²) in [5.74, 6) is 4.54. The Morgan fingerprint density at radius 3 is 1.23 bits per heavy atom. The highest BCUT2D eigenvalue weighted by Gasteiger charge is 2.29. The van der Waals surface area contributed by atoms with Gasteiger partial charge in [0.05, 0.1) is 39.3 Å². The van der Waals surface area contributed by atoms with Gasteiger partial charge >= 0.3 is 0 Å². The molecule has 0 spiro atoms. The van der Waals surface area contributed by atoms with E-state index in [4.69, 9.17) is 37.9 Å². The number of hydrogen-bond acceptors (Lipinski definition) is 10. The number of aliphatic hydroxyl groups is 2. The van der Waals surface area contributed by atoms with E-state index in [2.05, 4.69) is 162 Å². The average molecular weight is 1220 g/mol. The lowest BCUT2D eigenvalue weighted by Gasteiger charge is -2.29. The second-order valence-corrected chi connectivity index (χ2v) is 23.9. The molecule has 0 aliphatic carbocycles. The zero-order chi connectivity index (χ0) is 53.3. The van der Waals surface area contributed by atoms with Crippen LogP contribution in [-0.2, 0) is 25.7 Å². The number of ether oxygens (including phenoxy) is 8. The normalized spacial score (nSPS) is 16.2. The Kier molecular flexibility index (Phi) is 19.1. The van der Waals surface area contributed by atoms with E-state index in [1.54, 1.807) is 0 Å². The molecule has 2 aliphatic heterocycles. The Morgan fingerprint density at radius 2 is 0.813 bits per heavy atom. The molecule has 10 nitrogen and oxygen atoms in total. The fraction of sp³-hybridized carbons (Fsp3) is 0.419. The summed E-state index contributed by atoms with van der Waals surface area (Å²) in [6, 6.07) is 41.1. The van der Waals surface area contributed by atoms with E-state index in [0.29, 0.717) is 37.7 Å². The van der Waals surface area contributed by atoms with Crippen LogP contribution in [0.5, 0.6) is 34.5 Å². The molecule has 2 N–H and O–H groups in total. The van der Waals surface area contributed by atoms with E-state index in [9.17, 15) is 10.2 Å². The molecule has 0 bridgehead atoms. The van der Waals surface area contributed by atoms with Crippen LogP contribution < -0.4 is 28.4 Å². The Balaban J connectivity index is 0.737. The van der Waals surface area contributed by atoms with Gasteiger partial charge in [-0.25, -0.2) is 0 Å². The minimum atomic E-state index is -0.844. The van der Waals surface area contributed by atoms with Gasteiger partial charge in [0.1, 0.15) is 85.8 Å². The Hall–Kier alpha value is -4.60. The third kappa shape index (κ3) is 15.3. The number of hydrogen-bond donors (Lipinski definition) is 2. The molecule has 0 saturated carbocycles. The highest BCUT2D eigenvalue weighted by Crippen LogP contribution is 2.43. The van der Waals surface area contributed by atoms with Gasteiger partial charge in [-0.2, -0.15) is 0 Å². The summed E-state index contributed by atoms with van der Waals surface area (Å²) in [4.78, 5) is 0. The van der Waals surface area contributed by atoms with Crippen molar-refractivity contribution in [2.75, 3.05) is 52.9 Å². The van der Waals surface area contributed by atoms with Gasteiger partial charge in [-0.3, -0.25) is 0 Å². The Labute approximate surface area is 468 Å². The van der Waals surface area contributed by atoms with Crippen LogP contribution in [0, 0.1) is 6.92 Å². The van der Waals surface area contributed by atoms with Crippen LogP contribution in [0.1, 0.15) is 106 Å². The smallest absolute Gasteiger partial charge is 0.147 e. The average Bonchev–Trinajstić information content (AvgIpc) is 4.35. The Morgan fingerprint density at radius 1 is 0.453 bits per heavy atom. The van der Waals surface area contributed by atoms with Gasteiger partial charge in [0.2, 0.25) is 0 Å². The highest BCUT2D eigenvalue weighted by molar-refractivity contribution is 9.11. The lowest BCUT2D eigenvalue weighted by atomic mass is 9.77. The van der Waals surface area contributed by atoms with Crippen molar-refractivity contribution in [3.8, 4) is 34.5 Å². The summed E-state index contributed by atoms with van der Waals surface area (Å²) < 4.78 is 49.1. The largest absolute Gasteiger partial charge is 0.491 e. The number of halogens is 3. The van der Waals surface area contributed by atoms with Crippen molar-refractivity contribution in [1.82, 2.24) is 0 Å². The fourth-order valence-corrected chi connectivity index (χ4v) is 11.0. The zero-order valence-electron chi connectivity index (χ0n) is 44.1. The zero-order valence-corrected chi connectivity index (χ0v) is 48.9. The summed E-state index contributed by atoms with van der Waals surface area (Å²) in [5.41, 5.74) is 7.04. The minimum absolute atomic E-state index is 0.0696. The molecular weight excluding hydrogens is 1140 g/mol. The van der Waals surface area contributed by atoms with Gasteiger partial charge in [-0.05, 0) is 180 Å². The van der Waals surface area contributed by atoms with Crippen molar-refractivity contribution in [2.24, 2.45) is 0 Å².